The third kappa shape index (κ3) is 6.70. The summed E-state index contributed by atoms with van der Waals surface area (Å²) in [6.07, 6.45) is 0. The van der Waals surface area contributed by atoms with Crippen LogP contribution in [-0.2, 0) is 6.54 Å². The number of nitro groups is 1. The zero-order valence-corrected chi connectivity index (χ0v) is 18.6. The summed E-state index contributed by atoms with van der Waals surface area (Å²) < 4.78 is 12.0. The summed E-state index contributed by atoms with van der Waals surface area (Å²) in [5, 5.41) is 17.5. The average molecular weight is 495 g/mol. The van der Waals surface area contributed by atoms with Crippen LogP contribution in [-0.4, -0.2) is 31.7 Å². The Bertz CT molecular complexity index is 809. The number of hydrogen-bond acceptors (Lipinski definition) is 6. The van der Waals surface area contributed by atoms with Gasteiger partial charge in [-0.2, -0.15) is 0 Å². The molecular formula is C18H22BrCl2N3O4. The molecule has 0 saturated heterocycles. The van der Waals surface area contributed by atoms with E-state index in [0.29, 0.717) is 42.7 Å². The van der Waals surface area contributed by atoms with E-state index in [-0.39, 0.29) is 18.1 Å². The predicted octanol–water partition coefficient (Wildman–Crippen LogP) is 5.04. The van der Waals surface area contributed by atoms with Gasteiger partial charge >= 0.3 is 0 Å². The van der Waals surface area contributed by atoms with Crippen molar-refractivity contribution >= 4 is 51.3 Å². The number of halogens is 3. The average Bonchev–Trinajstić information content (AvgIpc) is 2.64. The number of nitro benzene ring substituents is 1. The van der Waals surface area contributed by atoms with Crippen LogP contribution in [0.1, 0.15) is 12.5 Å². The Kier molecular flexibility index (Phi) is 10.4. The lowest BCUT2D eigenvalue weighted by atomic mass is 10.2. The fraction of sp³-hybridized carbons (Fsp3) is 0.333. The predicted molar refractivity (Wildman–Crippen MR) is 117 cm³/mol. The Hall–Kier alpha value is -1.74. The molecule has 0 unspecified atom stereocenters. The zero-order valence-electron chi connectivity index (χ0n) is 15.5. The van der Waals surface area contributed by atoms with Crippen LogP contribution in [0.5, 0.6) is 11.5 Å². The summed E-state index contributed by atoms with van der Waals surface area (Å²) in [5.41, 5.74) is 1.61. The highest BCUT2D eigenvalue weighted by Gasteiger charge is 2.12. The SMILES string of the molecule is CCOc1c(CNCCNc2ccc([N+](=O)[O-])cc2Cl)cc(Br)cc1OC.Cl. The number of methoxy groups -OCH3 is 1. The van der Waals surface area contributed by atoms with Gasteiger partial charge in [-0.05, 0) is 25.1 Å². The highest BCUT2D eigenvalue weighted by atomic mass is 79.9. The highest BCUT2D eigenvalue weighted by Crippen LogP contribution is 2.35. The molecule has 28 heavy (non-hydrogen) atoms. The topological polar surface area (TPSA) is 85.7 Å². The lowest BCUT2D eigenvalue weighted by Crippen LogP contribution is -2.22. The smallest absolute Gasteiger partial charge is 0.271 e. The Morgan fingerprint density at radius 2 is 2.00 bits per heavy atom. The molecule has 2 aromatic carbocycles. The van der Waals surface area contributed by atoms with Gasteiger partial charge < -0.3 is 20.1 Å². The molecule has 0 aromatic heterocycles. The fourth-order valence-electron chi connectivity index (χ4n) is 2.48. The first-order valence-corrected chi connectivity index (χ1v) is 9.51. The molecule has 0 fully saturated rings. The molecule has 0 aliphatic heterocycles. The Balaban J connectivity index is 0.00000392. The monoisotopic (exact) mass is 493 g/mol. The van der Waals surface area contributed by atoms with E-state index in [1.54, 1.807) is 13.2 Å². The van der Waals surface area contributed by atoms with Gasteiger partial charge in [0.1, 0.15) is 0 Å². The minimum absolute atomic E-state index is 0. The molecule has 0 aliphatic carbocycles. The lowest BCUT2D eigenvalue weighted by Gasteiger charge is -2.16. The molecular weight excluding hydrogens is 473 g/mol. The lowest BCUT2D eigenvalue weighted by molar-refractivity contribution is -0.384. The number of anilines is 1. The molecule has 2 aromatic rings. The van der Waals surface area contributed by atoms with Gasteiger partial charge in [0.25, 0.3) is 5.69 Å². The van der Waals surface area contributed by atoms with E-state index in [1.165, 1.54) is 12.1 Å². The molecule has 0 saturated carbocycles. The van der Waals surface area contributed by atoms with Crippen molar-refractivity contribution in [1.82, 2.24) is 5.32 Å². The fourth-order valence-corrected chi connectivity index (χ4v) is 3.21. The van der Waals surface area contributed by atoms with Gasteiger partial charge in [-0.25, -0.2) is 0 Å². The van der Waals surface area contributed by atoms with Crippen LogP contribution in [0.25, 0.3) is 0 Å². The molecule has 7 nitrogen and oxygen atoms in total. The quantitative estimate of drug-likeness (QED) is 0.273. The molecule has 0 radical (unpaired) electrons. The molecule has 0 spiro atoms. The summed E-state index contributed by atoms with van der Waals surface area (Å²) in [4.78, 5) is 10.3. The largest absolute Gasteiger partial charge is 0.493 e. The Labute approximate surface area is 183 Å². The van der Waals surface area contributed by atoms with Crippen molar-refractivity contribution in [2.45, 2.75) is 13.5 Å². The Morgan fingerprint density at radius 3 is 2.61 bits per heavy atom. The first-order chi connectivity index (χ1) is 13.0. The van der Waals surface area contributed by atoms with Crippen LogP contribution < -0.4 is 20.1 Å². The van der Waals surface area contributed by atoms with Crippen molar-refractivity contribution in [3.8, 4) is 11.5 Å². The standard InChI is InChI=1S/C18H21BrClN3O4.ClH/c1-3-27-18-12(8-13(19)9-17(18)26-2)11-21-6-7-22-16-5-4-14(23(24)25)10-15(16)20;/h4-5,8-10,21-22H,3,6-7,11H2,1-2H3;1H. The minimum Gasteiger partial charge on any atom is -0.493 e. The van der Waals surface area contributed by atoms with Gasteiger partial charge in [0, 0.05) is 41.8 Å². The Morgan fingerprint density at radius 1 is 1.25 bits per heavy atom. The molecule has 2 rings (SSSR count). The minimum atomic E-state index is -0.473. The van der Waals surface area contributed by atoms with Crippen LogP contribution >= 0.6 is 39.9 Å². The van der Waals surface area contributed by atoms with Crippen LogP contribution in [0.15, 0.2) is 34.8 Å². The molecule has 0 bridgehead atoms. The van der Waals surface area contributed by atoms with Crippen LogP contribution in [0, 0.1) is 10.1 Å². The second-order valence-corrected chi connectivity index (χ2v) is 6.88. The second kappa shape index (κ2) is 12.0. The normalized spacial score (nSPS) is 10.1. The van der Waals surface area contributed by atoms with Gasteiger partial charge in [-0.15, -0.1) is 12.4 Å². The summed E-state index contributed by atoms with van der Waals surface area (Å²) in [6, 6.07) is 8.21. The van der Waals surface area contributed by atoms with E-state index < -0.39 is 4.92 Å². The van der Waals surface area contributed by atoms with Crippen molar-refractivity contribution in [1.29, 1.82) is 0 Å². The maximum atomic E-state index is 10.7. The van der Waals surface area contributed by atoms with Crippen LogP contribution in [0.3, 0.4) is 0 Å². The van der Waals surface area contributed by atoms with Crippen molar-refractivity contribution in [3.63, 3.8) is 0 Å². The van der Waals surface area contributed by atoms with Crippen molar-refractivity contribution < 1.29 is 14.4 Å². The second-order valence-electron chi connectivity index (χ2n) is 5.55. The van der Waals surface area contributed by atoms with Gasteiger partial charge in [-0.1, -0.05) is 27.5 Å². The summed E-state index contributed by atoms with van der Waals surface area (Å²) in [5.74, 6) is 1.40. The maximum absolute atomic E-state index is 10.7. The summed E-state index contributed by atoms with van der Waals surface area (Å²) >= 11 is 9.54. The number of non-ortho nitro benzene ring substituents is 1. The van der Waals surface area contributed by atoms with E-state index in [2.05, 4.69) is 26.6 Å². The third-order valence-electron chi connectivity index (χ3n) is 3.70. The number of hydrogen-bond donors (Lipinski definition) is 2. The maximum Gasteiger partial charge on any atom is 0.271 e. The molecule has 0 aliphatic rings. The number of nitrogens with one attached hydrogen (secondary N) is 2. The van der Waals surface area contributed by atoms with E-state index in [9.17, 15) is 10.1 Å². The van der Waals surface area contributed by atoms with E-state index >= 15 is 0 Å². The number of benzene rings is 2. The molecule has 0 atom stereocenters. The summed E-state index contributed by atoms with van der Waals surface area (Å²) in [6.45, 7) is 4.34. The first-order valence-electron chi connectivity index (χ1n) is 8.34. The first kappa shape index (κ1) is 24.3. The molecule has 2 N–H and O–H groups in total. The van der Waals surface area contributed by atoms with E-state index in [4.69, 9.17) is 21.1 Å². The zero-order chi connectivity index (χ0) is 19.8. The summed E-state index contributed by atoms with van der Waals surface area (Å²) in [7, 11) is 1.61. The molecule has 154 valence electrons. The van der Waals surface area contributed by atoms with E-state index in [0.717, 1.165) is 15.8 Å². The number of ether oxygens (including phenoxy) is 2. The van der Waals surface area contributed by atoms with Crippen molar-refractivity contribution in [3.05, 3.63) is 55.5 Å². The van der Waals surface area contributed by atoms with Gasteiger partial charge in [0.05, 0.1) is 29.4 Å². The van der Waals surface area contributed by atoms with Gasteiger partial charge in [-0.3, -0.25) is 10.1 Å². The van der Waals surface area contributed by atoms with Crippen molar-refractivity contribution in [2.24, 2.45) is 0 Å². The molecule has 10 heteroatoms. The molecule has 0 heterocycles. The van der Waals surface area contributed by atoms with Crippen LogP contribution in [0.4, 0.5) is 11.4 Å². The van der Waals surface area contributed by atoms with Gasteiger partial charge in [0.2, 0.25) is 0 Å². The van der Waals surface area contributed by atoms with Crippen molar-refractivity contribution in [2.75, 3.05) is 32.1 Å². The van der Waals surface area contributed by atoms with Crippen LogP contribution in [0.2, 0.25) is 5.02 Å². The molecule has 0 amide bonds. The highest BCUT2D eigenvalue weighted by molar-refractivity contribution is 9.10. The third-order valence-corrected chi connectivity index (χ3v) is 4.47. The number of rotatable bonds is 10. The van der Waals surface area contributed by atoms with E-state index in [1.807, 2.05) is 19.1 Å². The number of nitrogens with zero attached hydrogens (tertiary/aromatic N) is 1. The van der Waals surface area contributed by atoms with Gasteiger partial charge in [0.15, 0.2) is 11.5 Å².